The summed E-state index contributed by atoms with van der Waals surface area (Å²) >= 11 is 1.65. The molecule has 0 N–H and O–H groups in total. The van der Waals surface area contributed by atoms with Gasteiger partial charge in [0.2, 0.25) is 10.0 Å². The van der Waals surface area contributed by atoms with Crippen LogP contribution in [0.4, 0.5) is 0 Å². The first-order valence-electron chi connectivity index (χ1n) is 8.39. The molecule has 1 fully saturated rings. The van der Waals surface area contributed by atoms with Crippen molar-refractivity contribution in [1.29, 1.82) is 0 Å². The topological polar surface area (TPSA) is 53.5 Å². The van der Waals surface area contributed by atoms with Crippen molar-refractivity contribution in [2.24, 2.45) is 0 Å². The molecular formula is C18H23N3O2S2. The predicted molar refractivity (Wildman–Crippen MR) is 103 cm³/mol. The molecule has 5 nitrogen and oxygen atoms in total. The maximum absolute atomic E-state index is 12.6. The van der Waals surface area contributed by atoms with Crippen molar-refractivity contribution in [1.82, 2.24) is 14.2 Å². The average Bonchev–Trinajstić information content (AvgIpc) is 2.86. The summed E-state index contributed by atoms with van der Waals surface area (Å²) in [7, 11) is -3.38. The molecule has 2 heterocycles. The van der Waals surface area contributed by atoms with Crippen LogP contribution in [0.2, 0.25) is 0 Å². The van der Waals surface area contributed by atoms with Crippen LogP contribution in [0.15, 0.2) is 41.1 Å². The summed E-state index contributed by atoms with van der Waals surface area (Å²) in [5, 5.41) is 4.47. The lowest BCUT2D eigenvalue weighted by molar-refractivity contribution is 0.276. The van der Waals surface area contributed by atoms with Gasteiger partial charge in [0.15, 0.2) is 0 Å². The Hall–Kier alpha value is -1.54. The predicted octanol–water partition coefficient (Wildman–Crippen LogP) is 2.96. The third kappa shape index (κ3) is 5.22. The summed E-state index contributed by atoms with van der Waals surface area (Å²) in [5.41, 5.74) is 1.96. The molecule has 7 heteroatoms. The second-order valence-corrected chi connectivity index (χ2v) is 9.03. The van der Waals surface area contributed by atoms with E-state index < -0.39 is 10.0 Å². The van der Waals surface area contributed by atoms with E-state index in [1.807, 2.05) is 37.3 Å². The number of rotatable bonds is 5. The summed E-state index contributed by atoms with van der Waals surface area (Å²) < 4.78 is 26.8. The Morgan fingerprint density at radius 3 is 2.68 bits per heavy atom. The van der Waals surface area contributed by atoms with Gasteiger partial charge in [0.05, 0.1) is 10.7 Å². The van der Waals surface area contributed by atoms with Crippen molar-refractivity contribution in [3.63, 3.8) is 0 Å². The Kier molecular flexibility index (Phi) is 6.01. The number of benzene rings is 1. The van der Waals surface area contributed by atoms with Gasteiger partial charge >= 0.3 is 0 Å². The quantitative estimate of drug-likeness (QED) is 0.804. The maximum Gasteiger partial charge on any atom is 0.236 e. The number of aryl methyl sites for hydroxylation is 1. The van der Waals surface area contributed by atoms with Gasteiger partial charge in [-0.05, 0) is 31.5 Å². The molecule has 0 radical (unpaired) electrons. The molecule has 0 saturated carbocycles. The third-order valence-electron chi connectivity index (χ3n) is 4.19. The first kappa shape index (κ1) is 18.3. The van der Waals surface area contributed by atoms with E-state index in [1.165, 1.54) is 5.41 Å². The van der Waals surface area contributed by atoms with Crippen molar-refractivity contribution < 1.29 is 8.42 Å². The normalized spacial score (nSPS) is 17.8. The van der Waals surface area contributed by atoms with E-state index in [0.29, 0.717) is 13.1 Å². The van der Waals surface area contributed by atoms with Gasteiger partial charge in [-0.3, -0.25) is 4.90 Å². The minimum atomic E-state index is -3.38. The van der Waals surface area contributed by atoms with Crippen LogP contribution >= 0.6 is 11.3 Å². The molecule has 1 aromatic carbocycles. The minimum Gasteiger partial charge on any atom is -0.296 e. The highest BCUT2D eigenvalue weighted by Gasteiger charge is 2.23. The zero-order valence-corrected chi connectivity index (χ0v) is 16.0. The molecule has 3 rings (SSSR count). The van der Waals surface area contributed by atoms with E-state index in [-0.39, 0.29) is 0 Å². The van der Waals surface area contributed by atoms with Crippen LogP contribution in [0.1, 0.15) is 22.7 Å². The van der Waals surface area contributed by atoms with Gasteiger partial charge in [-0.1, -0.05) is 30.3 Å². The van der Waals surface area contributed by atoms with Crippen LogP contribution in [-0.4, -0.2) is 48.8 Å². The highest BCUT2D eigenvalue weighted by atomic mass is 32.2. The van der Waals surface area contributed by atoms with E-state index in [1.54, 1.807) is 21.7 Å². The van der Waals surface area contributed by atoms with Crippen molar-refractivity contribution >= 4 is 27.4 Å². The van der Waals surface area contributed by atoms with Gasteiger partial charge in [0.25, 0.3) is 0 Å². The lowest BCUT2D eigenvalue weighted by Crippen LogP contribution is -2.33. The van der Waals surface area contributed by atoms with E-state index in [9.17, 15) is 8.42 Å². The van der Waals surface area contributed by atoms with Gasteiger partial charge < -0.3 is 0 Å². The number of aromatic nitrogens is 1. The van der Waals surface area contributed by atoms with Crippen molar-refractivity contribution in [3.05, 3.63) is 57.4 Å². The highest BCUT2D eigenvalue weighted by molar-refractivity contribution is 7.92. The molecule has 0 bridgehead atoms. The van der Waals surface area contributed by atoms with Crippen LogP contribution in [0.5, 0.6) is 0 Å². The molecule has 1 aliphatic rings. The highest BCUT2D eigenvalue weighted by Crippen LogP contribution is 2.15. The largest absolute Gasteiger partial charge is 0.296 e. The summed E-state index contributed by atoms with van der Waals surface area (Å²) in [6, 6.07) is 9.50. The Morgan fingerprint density at radius 2 is 1.96 bits per heavy atom. The van der Waals surface area contributed by atoms with Crippen LogP contribution < -0.4 is 0 Å². The standard InChI is InChI=1S/C18H23N3O2S2/c1-16-19-18(15-24-16)14-20-9-5-10-21(12-11-20)25(22,23)13-8-17-6-3-2-4-7-17/h2-4,6-8,13,15H,5,9-12,14H2,1H3. The number of hydrogen-bond donors (Lipinski definition) is 0. The van der Waals surface area contributed by atoms with Gasteiger partial charge in [-0.2, -0.15) is 4.31 Å². The van der Waals surface area contributed by atoms with Crippen molar-refractivity contribution in [2.45, 2.75) is 19.9 Å². The number of thiazole rings is 1. The Balaban J connectivity index is 1.60. The third-order valence-corrected chi connectivity index (χ3v) is 6.58. The fourth-order valence-corrected chi connectivity index (χ4v) is 4.71. The Morgan fingerprint density at radius 1 is 1.16 bits per heavy atom. The van der Waals surface area contributed by atoms with Crippen molar-refractivity contribution in [2.75, 3.05) is 26.2 Å². The summed E-state index contributed by atoms with van der Waals surface area (Å²) in [6.45, 7) is 5.50. The lowest BCUT2D eigenvalue weighted by Gasteiger charge is -2.19. The van der Waals surface area contributed by atoms with Gasteiger partial charge in [0, 0.05) is 37.0 Å². The zero-order chi connectivity index (χ0) is 17.7. The smallest absolute Gasteiger partial charge is 0.236 e. The SMILES string of the molecule is Cc1nc(CN2CCCN(S(=O)(=O)C=Cc3ccccc3)CC2)cs1. The maximum atomic E-state index is 12.6. The molecule has 0 atom stereocenters. The number of nitrogens with zero attached hydrogens (tertiary/aromatic N) is 3. The van der Waals surface area contributed by atoms with E-state index in [2.05, 4.69) is 15.3 Å². The van der Waals surface area contributed by atoms with Crippen LogP contribution in [0, 0.1) is 6.92 Å². The molecule has 1 saturated heterocycles. The van der Waals surface area contributed by atoms with Gasteiger partial charge in [0.1, 0.15) is 0 Å². The van der Waals surface area contributed by atoms with E-state index in [4.69, 9.17) is 0 Å². The zero-order valence-electron chi connectivity index (χ0n) is 14.3. The van der Waals surface area contributed by atoms with Crippen LogP contribution in [0.25, 0.3) is 6.08 Å². The molecule has 2 aromatic rings. The molecule has 0 amide bonds. The summed E-state index contributed by atoms with van der Waals surface area (Å²) in [6.07, 6.45) is 2.50. The lowest BCUT2D eigenvalue weighted by atomic mass is 10.2. The van der Waals surface area contributed by atoms with Crippen molar-refractivity contribution in [3.8, 4) is 0 Å². The molecule has 1 aliphatic heterocycles. The molecule has 1 aromatic heterocycles. The number of sulfonamides is 1. The second kappa shape index (κ2) is 8.23. The van der Waals surface area contributed by atoms with E-state index in [0.717, 1.165) is 42.3 Å². The van der Waals surface area contributed by atoms with Gasteiger partial charge in [-0.15, -0.1) is 11.3 Å². The second-order valence-electron chi connectivity index (χ2n) is 6.14. The Bertz CT molecular complexity index is 816. The molecule has 0 unspecified atom stereocenters. The molecular weight excluding hydrogens is 354 g/mol. The fraction of sp³-hybridized carbons (Fsp3) is 0.389. The van der Waals surface area contributed by atoms with Crippen LogP contribution in [-0.2, 0) is 16.6 Å². The molecule has 134 valence electrons. The fourth-order valence-electron chi connectivity index (χ4n) is 2.88. The number of hydrogen-bond acceptors (Lipinski definition) is 5. The van der Waals surface area contributed by atoms with Crippen LogP contribution in [0.3, 0.4) is 0 Å². The average molecular weight is 378 g/mol. The van der Waals surface area contributed by atoms with Gasteiger partial charge in [-0.25, -0.2) is 13.4 Å². The monoisotopic (exact) mass is 377 g/mol. The first-order valence-corrected chi connectivity index (χ1v) is 10.8. The Labute approximate surface area is 153 Å². The van der Waals surface area contributed by atoms with E-state index >= 15 is 0 Å². The molecule has 0 aliphatic carbocycles. The molecule has 0 spiro atoms. The minimum absolute atomic E-state index is 0.518. The molecule has 25 heavy (non-hydrogen) atoms. The first-order chi connectivity index (χ1) is 12.0. The summed E-state index contributed by atoms with van der Waals surface area (Å²) in [5.74, 6) is 0. The summed E-state index contributed by atoms with van der Waals surface area (Å²) in [4.78, 5) is 6.78.